The number of fused-ring (bicyclic) bond motifs is 24. The van der Waals surface area contributed by atoms with Crippen molar-refractivity contribution >= 4 is 189 Å². The lowest BCUT2D eigenvalue weighted by Gasteiger charge is -2.42. The molecule has 7 heterocycles. The molecule has 4 aliphatic rings. The van der Waals surface area contributed by atoms with Crippen molar-refractivity contribution in [1.82, 2.24) is 8.96 Å². The molecule has 0 saturated heterocycles. The molecule has 5 nitrogen and oxygen atoms in total. The van der Waals surface area contributed by atoms with Gasteiger partial charge in [0, 0.05) is 105 Å². The molecule has 0 aliphatic carbocycles. The van der Waals surface area contributed by atoms with Gasteiger partial charge in [0.1, 0.15) is 11.2 Å². The van der Waals surface area contributed by atoms with E-state index < -0.39 is 0 Å². The minimum atomic E-state index is -0.276. The second kappa shape index (κ2) is 29.7. The minimum Gasteiger partial charge on any atom is -0.455 e. The Morgan fingerprint density at radius 2 is 0.591 bits per heavy atom. The van der Waals surface area contributed by atoms with E-state index in [2.05, 4.69) is 466 Å². The molecule has 0 radical (unpaired) electrons. The van der Waals surface area contributed by atoms with Crippen LogP contribution < -0.4 is 31.7 Å². The van der Waals surface area contributed by atoms with Gasteiger partial charge >= 0.3 is 13.7 Å². The average Bonchev–Trinajstić information content (AvgIpc) is 1.58. The normalized spacial score (nSPS) is 13.5. The van der Waals surface area contributed by atoms with Crippen molar-refractivity contribution in [2.75, 3.05) is 9.80 Å². The second-order valence-corrected chi connectivity index (χ2v) is 43.8. The first kappa shape index (κ1) is 81.4. The molecule has 0 N–H and O–H groups in total. The van der Waals surface area contributed by atoms with Crippen molar-refractivity contribution in [3.05, 3.63) is 431 Å². The van der Waals surface area contributed by atoms with Crippen molar-refractivity contribution in [2.24, 2.45) is 0 Å². The van der Waals surface area contributed by atoms with Gasteiger partial charge in [0.2, 0.25) is 0 Å². The Morgan fingerprint density at radius 3 is 1.04 bits per heavy atom. The van der Waals surface area contributed by atoms with Crippen LogP contribution in [0.25, 0.3) is 153 Å². The van der Waals surface area contributed by atoms with Crippen LogP contribution in [0.15, 0.2) is 368 Å². The Balaban J connectivity index is 0.729. The highest BCUT2D eigenvalue weighted by molar-refractivity contribution is 6.91. The third-order valence-corrected chi connectivity index (χ3v) is 31.4. The van der Waals surface area contributed by atoms with E-state index in [0.29, 0.717) is 6.42 Å². The minimum absolute atomic E-state index is 0.154. The van der Waals surface area contributed by atoms with Crippen LogP contribution in [0.2, 0.25) is 0 Å². The Hall–Kier alpha value is -15.2. The van der Waals surface area contributed by atoms with Crippen molar-refractivity contribution in [3.63, 3.8) is 0 Å². The van der Waals surface area contributed by atoms with Crippen LogP contribution in [-0.2, 0) is 47.3 Å². The van der Waals surface area contributed by atoms with E-state index in [1.54, 1.807) is 0 Å². The summed E-state index contributed by atoms with van der Waals surface area (Å²) in [6.07, 6.45) is 2.98. The molecule has 0 bridgehead atoms. The van der Waals surface area contributed by atoms with Gasteiger partial charge in [-0.15, -0.1) is 0 Å². The SMILES string of the molecule is CC(C)(C)c1cc(N2c3cc4c(Cc5ccccc5)c5cc(-c6ccc7c(c6)oc6c8c9c(cc67)N(c6cc(C(C)(C)C)cc(C(C)(C)C)c6)c6cc7c(Cc%10ccccc%10)c%10ccccc%10c(Cc%10ccccc%10)c7cc6B9n6c7ccccc7c7cccc-8c76)ccc5c(Cc5ccccc5)c4cc3B3c4c2cc2ccccc2c4-c2cccc4c5ccccc5n3c24)cc(C(C)(C)C)c1. The molecule has 4 aliphatic heterocycles. The highest BCUT2D eigenvalue weighted by Crippen LogP contribution is 2.56. The summed E-state index contributed by atoms with van der Waals surface area (Å²) in [5.74, 6) is 0. The first-order chi connectivity index (χ1) is 66.5. The van der Waals surface area contributed by atoms with Crippen LogP contribution in [-0.4, -0.2) is 22.7 Å². The molecule has 3 aromatic heterocycles. The maximum absolute atomic E-state index is 8.02. The molecule has 23 aromatic rings. The molecule has 7 heteroatoms. The molecular formula is C130H104B2N4O. The second-order valence-electron chi connectivity index (χ2n) is 43.8. The van der Waals surface area contributed by atoms with Gasteiger partial charge in [-0.2, -0.15) is 0 Å². The molecule has 20 aromatic carbocycles. The Bertz CT molecular complexity index is 9080. The maximum Gasteiger partial charge on any atom is 0.333 e. The van der Waals surface area contributed by atoms with Gasteiger partial charge in [-0.25, -0.2) is 0 Å². The highest BCUT2D eigenvalue weighted by atomic mass is 16.3. The first-order valence-corrected chi connectivity index (χ1v) is 49.2. The van der Waals surface area contributed by atoms with Crippen LogP contribution in [0.4, 0.5) is 34.1 Å². The molecule has 0 atom stereocenters. The lowest BCUT2D eigenvalue weighted by Crippen LogP contribution is -2.56. The van der Waals surface area contributed by atoms with Crippen molar-refractivity contribution in [3.8, 4) is 33.4 Å². The molecule has 27 rings (SSSR count). The number of benzene rings is 20. The summed E-state index contributed by atoms with van der Waals surface area (Å²) in [5.41, 5.74) is 41.1. The number of hydrogen-bond acceptors (Lipinski definition) is 3. The van der Waals surface area contributed by atoms with Gasteiger partial charge in [0.25, 0.3) is 0 Å². The smallest absolute Gasteiger partial charge is 0.333 e. The molecule has 0 unspecified atom stereocenters. The summed E-state index contributed by atoms with van der Waals surface area (Å²) in [4.78, 5) is 5.43. The predicted molar refractivity (Wildman–Crippen MR) is 586 cm³/mol. The van der Waals surface area contributed by atoms with Gasteiger partial charge in [0.15, 0.2) is 0 Å². The fourth-order valence-electron chi connectivity index (χ4n) is 24.7. The van der Waals surface area contributed by atoms with E-state index in [-0.39, 0.29) is 35.4 Å². The standard InChI is InChI=1S/C130H104B2N4O/c1-127(2,3)84-66-85(128(4,5)6)69-88(68-84)133-115-75-109-104(62-80-41-23-16-24-42-80)105-63-81(55-57-93(105)103(61-79-39-21-15-22-40-79)107(109)73-111(115)131-122-117(133)64-83-43-25-26-44-90(83)120(122)99-51-33-49-97-94-47-29-31-53-113(94)135(131)124(97)99)82-56-58-96-110-76-118-123-121(126(110)137-119(96)65-82)100-52-34-50-98-95-48-30-32-54-114(95)136(125(98)100)132(123)112-72-106-101(59-77-35-17-13-18-36-77)91-45-27-28-46-92(91)102(60-78-37-19-14-20-38-78)108(106)74-116(112)134(118)89-70-86(129(7,8)9)67-87(71-89)130(10,11)12/h13-58,63-76H,59-62H2,1-12H3. The molecule has 656 valence electrons. The number of hydrogen-bond donors (Lipinski definition) is 0. The zero-order chi connectivity index (χ0) is 92.3. The Kier molecular flexibility index (Phi) is 17.6. The Morgan fingerprint density at radius 1 is 0.248 bits per heavy atom. The fourth-order valence-corrected chi connectivity index (χ4v) is 24.7. The molecule has 0 fully saturated rings. The number of aromatic nitrogens is 2. The van der Waals surface area contributed by atoms with E-state index >= 15 is 0 Å². The molecule has 0 amide bonds. The molecule has 0 saturated carbocycles. The molecular weight excluding hydrogens is 1660 g/mol. The van der Waals surface area contributed by atoms with Gasteiger partial charge in [-0.1, -0.05) is 368 Å². The van der Waals surface area contributed by atoms with Gasteiger partial charge in [-0.3, -0.25) is 0 Å². The molecule has 0 spiro atoms. The zero-order valence-electron chi connectivity index (χ0n) is 79.8. The zero-order valence-corrected chi connectivity index (χ0v) is 79.8. The predicted octanol–water partition coefficient (Wildman–Crippen LogP) is 31.6. The van der Waals surface area contributed by atoms with Crippen molar-refractivity contribution in [2.45, 2.75) is 130 Å². The van der Waals surface area contributed by atoms with Crippen molar-refractivity contribution in [1.29, 1.82) is 0 Å². The summed E-state index contributed by atoms with van der Waals surface area (Å²) in [6.45, 7) is 28.1. The van der Waals surface area contributed by atoms with E-state index in [0.717, 1.165) is 69.3 Å². The van der Waals surface area contributed by atoms with E-state index in [1.807, 2.05) is 0 Å². The summed E-state index contributed by atoms with van der Waals surface area (Å²) >= 11 is 0. The topological polar surface area (TPSA) is 29.5 Å². The first-order valence-electron chi connectivity index (χ1n) is 49.2. The number of anilines is 6. The van der Waals surface area contributed by atoms with E-state index in [9.17, 15) is 0 Å². The summed E-state index contributed by atoms with van der Waals surface area (Å²) in [5, 5.41) is 19.9. The van der Waals surface area contributed by atoms with E-state index in [1.165, 1.54) is 226 Å². The monoisotopic (exact) mass is 1760 g/mol. The van der Waals surface area contributed by atoms with Crippen LogP contribution >= 0.6 is 0 Å². The summed E-state index contributed by atoms with van der Waals surface area (Å²) in [6, 6.07) is 141. The van der Waals surface area contributed by atoms with E-state index in [4.69, 9.17) is 4.42 Å². The van der Waals surface area contributed by atoms with Gasteiger partial charge in [-0.05, 0) is 285 Å². The third kappa shape index (κ3) is 12.4. The summed E-state index contributed by atoms with van der Waals surface area (Å²) < 4.78 is 13.5. The largest absolute Gasteiger partial charge is 0.455 e. The fraction of sp³-hybridized carbons (Fsp3) is 0.154. The quantitative estimate of drug-likeness (QED) is 0.0955. The van der Waals surface area contributed by atoms with Crippen LogP contribution in [0.1, 0.15) is 150 Å². The van der Waals surface area contributed by atoms with Gasteiger partial charge < -0.3 is 23.2 Å². The van der Waals surface area contributed by atoms with Crippen molar-refractivity contribution < 1.29 is 4.42 Å². The van der Waals surface area contributed by atoms with Crippen LogP contribution in [0.5, 0.6) is 0 Å². The molecule has 137 heavy (non-hydrogen) atoms. The van der Waals surface area contributed by atoms with Crippen LogP contribution in [0, 0.1) is 0 Å². The number of para-hydroxylation sites is 4. The van der Waals surface area contributed by atoms with Crippen LogP contribution in [0.3, 0.4) is 0 Å². The number of rotatable bonds is 11. The highest BCUT2D eigenvalue weighted by Gasteiger charge is 2.48. The third-order valence-electron chi connectivity index (χ3n) is 31.4. The number of furan rings is 1. The Labute approximate surface area is 801 Å². The summed E-state index contributed by atoms with van der Waals surface area (Å²) in [7, 11) is 0. The lowest BCUT2D eigenvalue weighted by molar-refractivity contribution is 0.568. The average molecular weight is 1760 g/mol. The number of nitrogens with zero attached hydrogens (tertiary/aromatic N) is 4. The van der Waals surface area contributed by atoms with Gasteiger partial charge in [0.05, 0.1) is 0 Å². The lowest BCUT2D eigenvalue weighted by atomic mass is 9.44. The maximum atomic E-state index is 8.02.